The van der Waals surface area contributed by atoms with Crippen molar-refractivity contribution in [3.05, 3.63) is 58.4 Å². The van der Waals surface area contributed by atoms with Crippen molar-refractivity contribution < 1.29 is 18.7 Å². The van der Waals surface area contributed by atoms with Crippen molar-refractivity contribution in [2.45, 2.75) is 24.8 Å². The van der Waals surface area contributed by atoms with E-state index < -0.39 is 5.54 Å². The molecule has 2 aromatic carbocycles. The Morgan fingerprint density at radius 3 is 2.58 bits per heavy atom. The highest BCUT2D eigenvalue weighted by Gasteiger charge is 2.40. The van der Waals surface area contributed by atoms with Gasteiger partial charge in [0.2, 0.25) is 6.79 Å². The molecule has 1 heterocycles. The summed E-state index contributed by atoms with van der Waals surface area (Å²) in [5.74, 6) is 0.406. The second kappa shape index (κ2) is 5.67. The number of ether oxygens (including phenoxy) is 2. The van der Waals surface area contributed by atoms with Crippen molar-refractivity contribution in [3.63, 3.8) is 0 Å². The Labute approximate surface area is 143 Å². The van der Waals surface area contributed by atoms with Crippen molar-refractivity contribution in [1.29, 1.82) is 0 Å². The third-order valence-electron chi connectivity index (χ3n) is 4.65. The molecule has 0 bridgehead atoms. The maximum absolute atomic E-state index is 13.2. The van der Waals surface area contributed by atoms with Gasteiger partial charge in [-0.1, -0.05) is 23.7 Å². The summed E-state index contributed by atoms with van der Waals surface area (Å²) in [4.78, 5) is 12.7. The first-order valence-electron chi connectivity index (χ1n) is 7.75. The molecule has 24 heavy (non-hydrogen) atoms. The molecule has 1 saturated carbocycles. The third kappa shape index (κ3) is 2.49. The number of nitrogens with one attached hydrogen (secondary N) is 1. The summed E-state index contributed by atoms with van der Waals surface area (Å²) in [5, 5.41) is 3.43. The number of hydrogen-bond acceptors (Lipinski definition) is 3. The van der Waals surface area contributed by atoms with Crippen molar-refractivity contribution in [2.75, 3.05) is 6.79 Å². The Hall–Kier alpha value is -2.27. The van der Waals surface area contributed by atoms with E-state index in [1.165, 1.54) is 12.1 Å². The van der Waals surface area contributed by atoms with Crippen LogP contribution in [0.25, 0.3) is 0 Å². The topological polar surface area (TPSA) is 47.6 Å². The van der Waals surface area contributed by atoms with E-state index in [-0.39, 0.29) is 18.5 Å². The van der Waals surface area contributed by atoms with Gasteiger partial charge in [0.25, 0.3) is 5.91 Å². The standard InChI is InChI=1S/C18H15ClFNO3/c19-14-8-11(9-15-16(14)24-10-23-15)17(22)21-18(6-1-7-18)12-2-4-13(20)5-3-12/h2-5,8-9H,1,6-7,10H2,(H,21,22). The average molecular weight is 348 g/mol. The van der Waals surface area contributed by atoms with E-state index in [0.29, 0.717) is 22.1 Å². The van der Waals surface area contributed by atoms with Crippen LogP contribution in [0, 0.1) is 5.82 Å². The second-order valence-electron chi connectivity index (χ2n) is 6.09. The summed E-state index contributed by atoms with van der Waals surface area (Å²) in [6.07, 6.45) is 2.66. The van der Waals surface area contributed by atoms with Crippen LogP contribution in [0.2, 0.25) is 5.02 Å². The second-order valence-corrected chi connectivity index (χ2v) is 6.50. The molecule has 1 aliphatic heterocycles. The summed E-state index contributed by atoms with van der Waals surface area (Å²) < 4.78 is 23.7. The first-order chi connectivity index (χ1) is 11.6. The van der Waals surface area contributed by atoms with Crippen LogP contribution in [0.3, 0.4) is 0 Å². The molecule has 1 N–H and O–H groups in total. The number of hydrogen-bond donors (Lipinski definition) is 1. The molecule has 124 valence electrons. The first-order valence-corrected chi connectivity index (χ1v) is 8.13. The number of carbonyl (C=O) groups is 1. The molecule has 0 atom stereocenters. The fourth-order valence-electron chi connectivity index (χ4n) is 3.17. The van der Waals surface area contributed by atoms with Gasteiger partial charge in [-0.25, -0.2) is 4.39 Å². The molecule has 1 fully saturated rings. The van der Waals surface area contributed by atoms with E-state index in [2.05, 4.69) is 5.32 Å². The fraction of sp³-hybridized carbons (Fsp3) is 0.278. The molecule has 2 aliphatic rings. The third-order valence-corrected chi connectivity index (χ3v) is 4.93. The van der Waals surface area contributed by atoms with Crippen LogP contribution < -0.4 is 14.8 Å². The van der Waals surface area contributed by atoms with Crippen LogP contribution in [-0.4, -0.2) is 12.7 Å². The Kier molecular flexibility index (Phi) is 3.61. The molecule has 0 unspecified atom stereocenters. The number of amides is 1. The Morgan fingerprint density at radius 2 is 1.92 bits per heavy atom. The maximum Gasteiger partial charge on any atom is 0.252 e. The van der Waals surface area contributed by atoms with Gasteiger partial charge < -0.3 is 14.8 Å². The predicted octanol–water partition coefficient (Wildman–Crippen LogP) is 4.02. The first kappa shape index (κ1) is 15.3. The lowest BCUT2D eigenvalue weighted by Gasteiger charge is -2.43. The molecule has 1 aliphatic carbocycles. The van der Waals surface area contributed by atoms with E-state index in [0.717, 1.165) is 24.8 Å². The van der Waals surface area contributed by atoms with Crippen LogP contribution in [0.15, 0.2) is 36.4 Å². The highest BCUT2D eigenvalue weighted by molar-refractivity contribution is 6.32. The number of halogens is 2. The minimum atomic E-state index is -0.451. The maximum atomic E-state index is 13.2. The molecule has 2 aromatic rings. The monoisotopic (exact) mass is 347 g/mol. The largest absolute Gasteiger partial charge is 0.454 e. The van der Waals surface area contributed by atoms with Gasteiger partial charge in [-0.2, -0.15) is 0 Å². The lowest BCUT2D eigenvalue weighted by molar-refractivity contribution is 0.0823. The van der Waals surface area contributed by atoms with Gasteiger partial charge in [0, 0.05) is 5.56 Å². The molecule has 4 nitrogen and oxygen atoms in total. The van der Waals surface area contributed by atoms with Crippen molar-refractivity contribution in [1.82, 2.24) is 5.32 Å². The number of rotatable bonds is 3. The summed E-state index contributed by atoms with van der Waals surface area (Å²) in [6.45, 7) is 0.0969. The molecule has 1 amide bonds. The molecule has 4 rings (SSSR count). The smallest absolute Gasteiger partial charge is 0.252 e. The van der Waals surface area contributed by atoms with Crippen LogP contribution in [0.1, 0.15) is 35.2 Å². The zero-order valence-electron chi connectivity index (χ0n) is 12.8. The molecular weight excluding hydrogens is 333 g/mol. The van der Waals surface area contributed by atoms with E-state index >= 15 is 0 Å². The van der Waals surface area contributed by atoms with E-state index in [9.17, 15) is 9.18 Å². The van der Waals surface area contributed by atoms with Gasteiger partial charge >= 0.3 is 0 Å². The average Bonchev–Trinajstić information content (AvgIpc) is 3.01. The number of fused-ring (bicyclic) bond motifs is 1. The lowest BCUT2D eigenvalue weighted by atomic mass is 9.71. The summed E-state index contributed by atoms with van der Waals surface area (Å²) >= 11 is 6.15. The van der Waals surface area contributed by atoms with Gasteiger partial charge in [0.1, 0.15) is 5.82 Å². The van der Waals surface area contributed by atoms with Crippen LogP contribution in [0.4, 0.5) is 4.39 Å². The molecule has 0 spiro atoms. The SMILES string of the molecule is O=C(NC1(c2ccc(F)cc2)CCC1)c1cc(Cl)c2c(c1)OCO2. The van der Waals surface area contributed by atoms with Crippen molar-refractivity contribution >= 4 is 17.5 Å². The van der Waals surface area contributed by atoms with Gasteiger partial charge in [-0.15, -0.1) is 0 Å². The van der Waals surface area contributed by atoms with Crippen LogP contribution >= 0.6 is 11.6 Å². The zero-order chi connectivity index (χ0) is 16.7. The predicted molar refractivity (Wildman–Crippen MR) is 87.0 cm³/mol. The Balaban J connectivity index is 1.61. The minimum Gasteiger partial charge on any atom is -0.454 e. The van der Waals surface area contributed by atoms with Gasteiger partial charge in [-0.3, -0.25) is 4.79 Å². The molecule has 0 aromatic heterocycles. The van der Waals surface area contributed by atoms with Crippen LogP contribution in [-0.2, 0) is 5.54 Å². The van der Waals surface area contributed by atoms with Gasteiger partial charge in [0.15, 0.2) is 11.5 Å². The zero-order valence-corrected chi connectivity index (χ0v) is 13.5. The van der Waals surface area contributed by atoms with Gasteiger partial charge in [-0.05, 0) is 49.1 Å². The normalized spacial score (nSPS) is 17.2. The Bertz CT molecular complexity index is 803. The van der Waals surface area contributed by atoms with E-state index in [4.69, 9.17) is 21.1 Å². The fourth-order valence-corrected chi connectivity index (χ4v) is 3.44. The molecule has 6 heteroatoms. The van der Waals surface area contributed by atoms with E-state index in [1.807, 2.05) is 0 Å². The van der Waals surface area contributed by atoms with Gasteiger partial charge in [0.05, 0.1) is 10.6 Å². The number of benzene rings is 2. The van der Waals surface area contributed by atoms with Crippen molar-refractivity contribution in [2.24, 2.45) is 0 Å². The van der Waals surface area contributed by atoms with Crippen molar-refractivity contribution in [3.8, 4) is 11.5 Å². The number of carbonyl (C=O) groups excluding carboxylic acids is 1. The summed E-state index contributed by atoms with van der Waals surface area (Å²) in [5.41, 5.74) is 0.876. The summed E-state index contributed by atoms with van der Waals surface area (Å²) in [6, 6.07) is 9.48. The van der Waals surface area contributed by atoms with E-state index in [1.54, 1.807) is 24.3 Å². The molecule has 0 saturated heterocycles. The Morgan fingerprint density at radius 1 is 1.17 bits per heavy atom. The minimum absolute atomic E-state index is 0.0969. The highest BCUT2D eigenvalue weighted by atomic mass is 35.5. The summed E-state index contributed by atoms with van der Waals surface area (Å²) in [7, 11) is 0. The molecular formula is C18H15ClFNO3. The van der Waals surface area contributed by atoms with Crippen LogP contribution in [0.5, 0.6) is 11.5 Å². The molecule has 0 radical (unpaired) electrons. The quantitative estimate of drug-likeness (QED) is 0.912. The lowest BCUT2D eigenvalue weighted by Crippen LogP contribution is -2.50. The highest BCUT2D eigenvalue weighted by Crippen LogP contribution is 2.43.